The zero-order chi connectivity index (χ0) is 19.6. The molecular formula is C19H16F2N4O2. The first-order chi connectivity index (χ1) is 12.9. The van der Waals surface area contributed by atoms with Gasteiger partial charge >= 0.3 is 0 Å². The van der Waals surface area contributed by atoms with Gasteiger partial charge in [0.25, 0.3) is 0 Å². The summed E-state index contributed by atoms with van der Waals surface area (Å²) in [5.74, 6) is -1.55. The van der Waals surface area contributed by atoms with Gasteiger partial charge in [-0.05, 0) is 49.4 Å². The molecule has 0 unspecified atom stereocenters. The molecule has 0 saturated carbocycles. The summed E-state index contributed by atoms with van der Waals surface area (Å²) in [5, 5.41) is 13.8. The number of rotatable bonds is 4. The van der Waals surface area contributed by atoms with Crippen molar-refractivity contribution < 1.29 is 18.6 Å². The van der Waals surface area contributed by atoms with Gasteiger partial charge in [0.1, 0.15) is 17.3 Å². The Morgan fingerprint density at radius 2 is 2.07 bits per heavy atom. The lowest BCUT2D eigenvalue weighted by Crippen LogP contribution is -2.17. The van der Waals surface area contributed by atoms with Gasteiger partial charge in [-0.2, -0.15) is 10.1 Å². The van der Waals surface area contributed by atoms with Crippen LogP contribution in [0.5, 0.6) is 11.5 Å². The molecule has 0 radical (unpaired) electrons. The summed E-state index contributed by atoms with van der Waals surface area (Å²) >= 11 is 0. The number of hydrazone groups is 1. The number of phenolic OH excluding ortho intramolecular Hbond substituents is 1. The minimum atomic E-state index is -0.873. The molecule has 0 saturated heterocycles. The summed E-state index contributed by atoms with van der Waals surface area (Å²) in [4.78, 5) is 4.13. The van der Waals surface area contributed by atoms with E-state index >= 15 is 0 Å². The Balaban J connectivity index is 1.82. The standard InChI is InChI=1S/C19H16F2N4O2/c1-10-7-13(26)4-5-14(10)18-15(9-22)19(25-24-18)23-11(2)27-17-6-3-12(20)8-16(17)21/h3-9,26H,2,22H2,1H3,(H,23,25)/b15-9-. The van der Waals surface area contributed by atoms with Gasteiger partial charge in [0.2, 0.25) is 5.88 Å². The number of halogens is 2. The van der Waals surface area contributed by atoms with E-state index < -0.39 is 11.6 Å². The monoisotopic (exact) mass is 370 g/mol. The number of nitrogens with one attached hydrogen (secondary N) is 1. The molecule has 2 aromatic carbocycles. The molecule has 3 rings (SSSR count). The molecule has 0 atom stereocenters. The van der Waals surface area contributed by atoms with E-state index in [9.17, 15) is 13.9 Å². The minimum Gasteiger partial charge on any atom is -0.508 e. The van der Waals surface area contributed by atoms with Crippen LogP contribution in [0.25, 0.3) is 0 Å². The van der Waals surface area contributed by atoms with Crippen molar-refractivity contribution in [3.05, 3.63) is 83.4 Å². The molecule has 1 heterocycles. The highest BCUT2D eigenvalue weighted by Crippen LogP contribution is 2.23. The Labute approximate surface area is 154 Å². The van der Waals surface area contributed by atoms with Crippen LogP contribution in [0.1, 0.15) is 11.1 Å². The van der Waals surface area contributed by atoms with Crippen LogP contribution in [-0.4, -0.2) is 16.7 Å². The van der Waals surface area contributed by atoms with Crippen molar-refractivity contribution in [3.63, 3.8) is 0 Å². The van der Waals surface area contributed by atoms with Crippen LogP contribution in [0.15, 0.2) is 70.7 Å². The van der Waals surface area contributed by atoms with Crippen molar-refractivity contribution in [1.29, 1.82) is 0 Å². The van der Waals surface area contributed by atoms with Gasteiger partial charge < -0.3 is 15.6 Å². The van der Waals surface area contributed by atoms with Gasteiger partial charge in [-0.3, -0.25) is 5.43 Å². The Hall–Kier alpha value is -3.68. The molecule has 0 bridgehead atoms. The molecule has 2 aromatic rings. The summed E-state index contributed by atoms with van der Waals surface area (Å²) in [6, 6.07) is 7.74. The number of aryl methyl sites for hydroxylation is 1. The van der Waals surface area contributed by atoms with Crippen LogP contribution in [0.3, 0.4) is 0 Å². The number of aliphatic imine (C=N–C) groups is 1. The average molecular weight is 370 g/mol. The molecule has 1 aliphatic rings. The fourth-order valence-corrected chi connectivity index (χ4v) is 2.54. The SMILES string of the molecule is C=C(/N=C1/NN=C(c2ccc(O)cc2C)/C1=C/N)Oc1ccc(F)cc1F. The number of hydrogen-bond donors (Lipinski definition) is 3. The van der Waals surface area contributed by atoms with Crippen LogP contribution in [0.4, 0.5) is 8.78 Å². The number of phenols is 1. The summed E-state index contributed by atoms with van der Waals surface area (Å²) < 4.78 is 31.9. The summed E-state index contributed by atoms with van der Waals surface area (Å²) in [6.45, 7) is 5.43. The van der Waals surface area contributed by atoms with Crippen molar-refractivity contribution >= 4 is 11.5 Å². The third-order valence-electron chi connectivity index (χ3n) is 3.77. The maximum absolute atomic E-state index is 13.7. The number of nitrogens with two attached hydrogens (primary N) is 1. The molecule has 4 N–H and O–H groups in total. The molecule has 27 heavy (non-hydrogen) atoms. The second kappa shape index (κ2) is 7.28. The van der Waals surface area contributed by atoms with Gasteiger partial charge in [-0.1, -0.05) is 0 Å². The van der Waals surface area contributed by atoms with Gasteiger partial charge in [0.15, 0.2) is 17.4 Å². The number of hydrogen-bond acceptors (Lipinski definition) is 5. The molecule has 8 heteroatoms. The molecule has 1 aliphatic heterocycles. The van der Waals surface area contributed by atoms with E-state index in [2.05, 4.69) is 22.1 Å². The Morgan fingerprint density at radius 1 is 1.30 bits per heavy atom. The molecule has 0 aromatic heterocycles. The van der Waals surface area contributed by atoms with E-state index in [1.165, 1.54) is 12.3 Å². The van der Waals surface area contributed by atoms with Crippen molar-refractivity contribution in [1.82, 2.24) is 5.43 Å². The van der Waals surface area contributed by atoms with Gasteiger partial charge in [0.05, 0.1) is 5.57 Å². The number of benzene rings is 2. The minimum absolute atomic E-state index is 0.137. The van der Waals surface area contributed by atoms with Crippen LogP contribution in [0.2, 0.25) is 0 Å². The lowest BCUT2D eigenvalue weighted by Gasteiger charge is -2.08. The number of nitrogens with zero attached hydrogens (tertiary/aromatic N) is 2. The lowest BCUT2D eigenvalue weighted by atomic mass is 9.98. The average Bonchev–Trinajstić information content (AvgIpc) is 2.99. The van der Waals surface area contributed by atoms with E-state index in [4.69, 9.17) is 10.5 Å². The lowest BCUT2D eigenvalue weighted by molar-refractivity contribution is 0.392. The van der Waals surface area contributed by atoms with Crippen LogP contribution >= 0.6 is 0 Å². The molecular weight excluding hydrogens is 354 g/mol. The maximum atomic E-state index is 13.7. The largest absolute Gasteiger partial charge is 0.508 e. The predicted octanol–water partition coefficient (Wildman–Crippen LogP) is 3.08. The van der Waals surface area contributed by atoms with E-state index in [1.54, 1.807) is 12.1 Å². The zero-order valence-electron chi connectivity index (χ0n) is 14.3. The quantitative estimate of drug-likeness (QED) is 0.721. The van der Waals surface area contributed by atoms with Gasteiger partial charge in [-0.25, -0.2) is 8.78 Å². The molecule has 138 valence electrons. The Morgan fingerprint density at radius 3 is 2.74 bits per heavy atom. The molecule has 0 fully saturated rings. The van der Waals surface area contributed by atoms with E-state index in [-0.39, 0.29) is 23.2 Å². The highest BCUT2D eigenvalue weighted by molar-refractivity contribution is 6.32. The van der Waals surface area contributed by atoms with E-state index in [1.807, 2.05) is 6.92 Å². The smallest absolute Gasteiger partial charge is 0.214 e. The molecule has 6 nitrogen and oxygen atoms in total. The topological polar surface area (TPSA) is 92.2 Å². The van der Waals surface area contributed by atoms with Gasteiger partial charge in [-0.15, -0.1) is 0 Å². The van der Waals surface area contributed by atoms with Crippen molar-refractivity contribution in [2.24, 2.45) is 15.8 Å². The molecule has 0 spiro atoms. The van der Waals surface area contributed by atoms with Crippen LogP contribution in [-0.2, 0) is 0 Å². The third kappa shape index (κ3) is 3.79. The number of aromatic hydroxyl groups is 1. The first-order valence-electron chi connectivity index (χ1n) is 7.86. The Kier molecular flexibility index (Phi) is 4.89. The zero-order valence-corrected chi connectivity index (χ0v) is 14.3. The van der Waals surface area contributed by atoms with Crippen LogP contribution < -0.4 is 15.9 Å². The number of ether oxygens (including phenoxy) is 1. The summed E-state index contributed by atoms with van der Waals surface area (Å²) in [6.07, 6.45) is 1.32. The summed E-state index contributed by atoms with van der Waals surface area (Å²) in [5.41, 5.74) is 11.0. The van der Waals surface area contributed by atoms with E-state index in [0.29, 0.717) is 17.4 Å². The fourth-order valence-electron chi connectivity index (χ4n) is 2.54. The van der Waals surface area contributed by atoms with Crippen molar-refractivity contribution in [3.8, 4) is 11.5 Å². The predicted molar refractivity (Wildman–Crippen MR) is 98.3 cm³/mol. The van der Waals surface area contributed by atoms with Crippen molar-refractivity contribution in [2.75, 3.05) is 0 Å². The fraction of sp³-hybridized carbons (Fsp3) is 0.0526. The Bertz CT molecular complexity index is 1010. The molecule has 0 amide bonds. The second-order valence-corrected chi connectivity index (χ2v) is 5.68. The second-order valence-electron chi connectivity index (χ2n) is 5.68. The maximum Gasteiger partial charge on any atom is 0.214 e. The number of amidine groups is 1. The first kappa shape index (κ1) is 18.1. The highest BCUT2D eigenvalue weighted by atomic mass is 19.1. The normalized spacial score (nSPS) is 16.3. The first-order valence-corrected chi connectivity index (χ1v) is 7.86. The highest BCUT2D eigenvalue weighted by Gasteiger charge is 2.24. The summed E-state index contributed by atoms with van der Waals surface area (Å²) in [7, 11) is 0. The van der Waals surface area contributed by atoms with Crippen molar-refractivity contribution in [2.45, 2.75) is 6.92 Å². The third-order valence-corrected chi connectivity index (χ3v) is 3.77. The van der Waals surface area contributed by atoms with E-state index in [0.717, 1.165) is 23.3 Å². The molecule has 0 aliphatic carbocycles. The van der Waals surface area contributed by atoms with Gasteiger partial charge in [0, 0.05) is 17.8 Å². The van der Waals surface area contributed by atoms with Crippen LogP contribution in [0, 0.1) is 18.6 Å².